The summed E-state index contributed by atoms with van der Waals surface area (Å²) in [5.41, 5.74) is 0.613. The van der Waals surface area contributed by atoms with Gasteiger partial charge in [-0.3, -0.25) is 14.9 Å². The van der Waals surface area contributed by atoms with Crippen molar-refractivity contribution in [2.75, 3.05) is 13.1 Å². The van der Waals surface area contributed by atoms with Gasteiger partial charge in [-0.1, -0.05) is 17.7 Å². The number of benzene rings is 1. The van der Waals surface area contributed by atoms with Crippen LogP contribution in [0.4, 0.5) is 5.69 Å². The fraction of sp³-hybridized carbons (Fsp3) is 0.500. The number of nitrogens with one attached hydrogen (secondary N) is 1. The third-order valence-corrected chi connectivity index (χ3v) is 3.93. The molecule has 7 heteroatoms. The fourth-order valence-corrected chi connectivity index (χ4v) is 2.56. The van der Waals surface area contributed by atoms with E-state index in [1.807, 2.05) is 11.8 Å². The average molecular weight is 312 g/mol. The molecule has 1 amide bonds. The molecule has 1 fully saturated rings. The number of nitro groups is 1. The van der Waals surface area contributed by atoms with E-state index in [9.17, 15) is 14.9 Å². The van der Waals surface area contributed by atoms with Crippen LogP contribution < -0.4 is 5.32 Å². The summed E-state index contributed by atoms with van der Waals surface area (Å²) >= 11 is 5.77. The number of halogens is 1. The maximum atomic E-state index is 12.1. The summed E-state index contributed by atoms with van der Waals surface area (Å²) in [5.74, 6) is 0.0796. The Bertz CT molecular complexity index is 544. The van der Waals surface area contributed by atoms with Crippen molar-refractivity contribution < 1.29 is 9.72 Å². The van der Waals surface area contributed by atoms with Crippen LogP contribution in [0.15, 0.2) is 18.2 Å². The van der Waals surface area contributed by atoms with Crippen molar-refractivity contribution in [2.45, 2.75) is 32.4 Å². The Morgan fingerprint density at radius 1 is 1.48 bits per heavy atom. The minimum atomic E-state index is -0.509. The van der Waals surface area contributed by atoms with Crippen LogP contribution in [0, 0.1) is 10.1 Å². The van der Waals surface area contributed by atoms with Crippen LogP contribution >= 0.6 is 11.6 Å². The van der Waals surface area contributed by atoms with E-state index in [4.69, 9.17) is 11.6 Å². The van der Waals surface area contributed by atoms with Crippen molar-refractivity contribution in [3.05, 3.63) is 38.9 Å². The van der Waals surface area contributed by atoms with Crippen molar-refractivity contribution in [3.8, 4) is 0 Å². The van der Waals surface area contributed by atoms with Crippen LogP contribution in [0.1, 0.15) is 25.3 Å². The summed E-state index contributed by atoms with van der Waals surface area (Å²) in [6, 6.07) is 4.35. The number of nitro benzene ring substituents is 1. The van der Waals surface area contributed by atoms with Crippen LogP contribution in [-0.2, 0) is 11.3 Å². The summed E-state index contributed by atoms with van der Waals surface area (Å²) in [7, 11) is 0. The van der Waals surface area contributed by atoms with Gasteiger partial charge in [0.15, 0.2) is 0 Å². The minimum Gasteiger partial charge on any atom is -0.341 e. The number of likely N-dealkylation sites (tertiary alicyclic amines) is 1. The second kappa shape index (κ2) is 6.87. The zero-order chi connectivity index (χ0) is 15.4. The molecule has 1 unspecified atom stereocenters. The number of hydrogen-bond acceptors (Lipinski definition) is 4. The van der Waals surface area contributed by atoms with E-state index in [-0.39, 0.29) is 22.7 Å². The van der Waals surface area contributed by atoms with Gasteiger partial charge >= 0.3 is 0 Å². The standard InChI is InChI=1S/C14H18ClN3O3/c1-10(14(19)17-6-2-3-7-17)16-9-11-4-5-12(15)13(8-11)18(20)21/h4-5,8,10,16H,2-3,6-7,9H2,1H3. The first-order valence-electron chi connectivity index (χ1n) is 6.94. The number of rotatable bonds is 5. The fourth-order valence-electron chi connectivity index (χ4n) is 2.38. The highest BCUT2D eigenvalue weighted by Gasteiger charge is 2.23. The molecule has 0 aromatic heterocycles. The lowest BCUT2D eigenvalue weighted by molar-refractivity contribution is -0.384. The molecule has 0 radical (unpaired) electrons. The van der Waals surface area contributed by atoms with Crippen LogP contribution in [0.5, 0.6) is 0 Å². The Morgan fingerprint density at radius 3 is 2.76 bits per heavy atom. The first-order valence-corrected chi connectivity index (χ1v) is 7.32. The zero-order valence-electron chi connectivity index (χ0n) is 11.8. The second-order valence-electron chi connectivity index (χ2n) is 5.18. The molecule has 1 aromatic carbocycles. The van der Waals surface area contributed by atoms with Gasteiger partial charge in [0.1, 0.15) is 5.02 Å². The molecule has 1 saturated heterocycles. The van der Waals surface area contributed by atoms with Crippen LogP contribution in [-0.4, -0.2) is 34.9 Å². The summed E-state index contributed by atoms with van der Waals surface area (Å²) in [5, 5.41) is 14.1. The van der Waals surface area contributed by atoms with Crippen LogP contribution in [0.25, 0.3) is 0 Å². The Kier molecular flexibility index (Phi) is 5.14. The smallest absolute Gasteiger partial charge is 0.288 e. The lowest BCUT2D eigenvalue weighted by Crippen LogP contribution is -2.43. The molecular formula is C14H18ClN3O3. The van der Waals surface area contributed by atoms with Gasteiger partial charge in [-0.2, -0.15) is 0 Å². The summed E-state index contributed by atoms with van der Waals surface area (Å²) in [6.45, 7) is 3.83. The predicted molar refractivity (Wildman–Crippen MR) is 80.2 cm³/mol. The second-order valence-corrected chi connectivity index (χ2v) is 5.59. The van der Waals surface area contributed by atoms with E-state index >= 15 is 0 Å². The molecule has 6 nitrogen and oxygen atoms in total. The molecule has 0 saturated carbocycles. The number of amides is 1. The molecule has 1 aromatic rings. The van der Waals surface area contributed by atoms with Gasteiger partial charge in [0.25, 0.3) is 5.69 Å². The molecule has 0 aliphatic carbocycles. The topological polar surface area (TPSA) is 75.5 Å². The number of carbonyl (C=O) groups is 1. The SMILES string of the molecule is CC(NCc1ccc(Cl)c([N+](=O)[O-])c1)C(=O)N1CCCC1. The molecule has 114 valence electrons. The van der Waals surface area contributed by atoms with Crippen molar-refractivity contribution in [3.63, 3.8) is 0 Å². The predicted octanol–water partition coefficient (Wildman–Crippen LogP) is 2.35. The molecule has 1 atom stereocenters. The maximum absolute atomic E-state index is 12.1. The van der Waals surface area contributed by atoms with Gasteiger partial charge < -0.3 is 10.2 Å². The highest BCUT2D eigenvalue weighted by atomic mass is 35.5. The summed E-state index contributed by atoms with van der Waals surface area (Å²) in [6.07, 6.45) is 2.11. The molecule has 21 heavy (non-hydrogen) atoms. The van der Waals surface area contributed by atoms with Gasteiger partial charge in [-0.05, 0) is 31.4 Å². The van der Waals surface area contributed by atoms with Crippen molar-refractivity contribution in [1.29, 1.82) is 0 Å². The normalized spacial score (nSPS) is 16.0. The highest BCUT2D eigenvalue weighted by Crippen LogP contribution is 2.25. The van der Waals surface area contributed by atoms with Gasteiger partial charge in [-0.25, -0.2) is 0 Å². The number of carbonyl (C=O) groups excluding carboxylic acids is 1. The molecular weight excluding hydrogens is 294 g/mol. The minimum absolute atomic E-state index is 0.0796. The molecule has 0 bridgehead atoms. The van der Waals surface area contributed by atoms with Crippen molar-refractivity contribution in [2.24, 2.45) is 0 Å². The number of nitrogens with zero attached hydrogens (tertiary/aromatic N) is 2. The van der Waals surface area contributed by atoms with Gasteiger partial charge in [0.05, 0.1) is 11.0 Å². The zero-order valence-corrected chi connectivity index (χ0v) is 12.6. The van der Waals surface area contributed by atoms with Gasteiger partial charge in [-0.15, -0.1) is 0 Å². The monoisotopic (exact) mass is 311 g/mol. The quantitative estimate of drug-likeness (QED) is 0.669. The molecule has 1 aliphatic heterocycles. The Labute approximate surface area is 128 Å². The molecule has 2 rings (SSSR count). The van der Waals surface area contributed by atoms with Crippen molar-refractivity contribution in [1.82, 2.24) is 10.2 Å². The summed E-state index contributed by atoms with van der Waals surface area (Å²) in [4.78, 5) is 24.3. The maximum Gasteiger partial charge on any atom is 0.288 e. The van der Waals surface area contributed by atoms with E-state index in [1.54, 1.807) is 6.07 Å². The Morgan fingerprint density at radius 2 is 2.14 bits per heavy atom. The molecule has 1 heterocycles. The first kappa shape index (κ1) is 15.7. The highest BCUT2D eigenvalue weighted by molar-refractivity contribution is 6.32. The third kappa shape index (κ3) is 3.92. The van der Waals surface area contributed by atoms with Gasteiger partial charge in [0.2, 0.25) is 5.91 Å². The van der Waals surface area contributed by atoms with Crippen LogP contribution in [0.2, 0.25) is 5.02 Å². The molecule has 0 spiro atoms. The summed E-state index contributed by atoms with van der Waals surface area (Å²) < 4.78 is 0. The lowest BCUT2D eigenvalue weighted by atomic mass is 10.2. The first-order chi connectivity index (χ1) is 9.99. The molecule has 1 aliphatic rings. The van der Waals surface area contributed by atoms with E-state index in [2.05, 4.69) is 5.32 Å². The largest absolute Gasteiger partial charge is 0.341 e. The van der Waals surface area contributed by atoms with Gasteiger partial charge in [0, 0.05) is 25.7 Å². The molecule has 1 N–H and O–H groups in total. The van der Waals surface area contributed by atoms with E-state index in [0.717, 1.165) is 31.5 Å². The van der Waals surface area contributed by atoms with E-state index < -0.39 is 4.92 Å². The average Bonchev–Trinajstić information content (AvgIpc) is 2.99. The third-order valence-electron chi connectivity index (χ3n) is 3.61. The van der Waals surface area contributed by atoms with E-state index in [0.29, 0.717) is 6.54 Å². The van der Waals surface area contributed by atoms with Crippen LogP contribution in [0.3, 0.4) is 0 Å². The van der Waals surface area contributed by atoms with E-state index in [1.165, 1.54) is 12.1 Å². The Balaban J connectivity index is 1.94. The lowest BCUT2D eigenvalue weighted by Gasteiger charge is -2.21. The number of hydrogen-bond donors (Lipinski definition) is 1. The van der Waals surface area contributed by atoms with Crippen molar-refractivity contribution >= 4 is 23.2 Å². The Hall–Kier alpha value is -1.66.